The Morgan fingerprint density at radius 1 is 1.58 bits per heavy atom. The quantitative estimate of drug-likeness (QED) is 0.466. The van der Waals surface area contributed by atoms with Crippen LogP contribution in [0.4, 0.5) is 17.3 Å². The third kappa shape index (κ3) is 1.42. The molecule has 12 heavy (non-hydrogen) atoms. The van der Waals surface area contributed by atoms with Gasteiger partial charge in [0.05, 0.1) is 6.61 Å². The average Bonchev–Trinajstić information content (AvgIpc) is 2.25. The second-order valence-corrected chi connectivity index (χ2v) is 2.42. The fourth-order valence-electron chi connectivity index (χ4n) is 0.921. The first-order valence-corrected chi connectivity index (χ1v) is 3.59. The van der Waals surface area contributed by atoms with E-state index in [1.807, 2.05) is 0 Å². The van der Waals surface area contributed by atoms with Gasteiger partial charge in [-0.3, -0.25) is 0 Å². The minimum absolute atomic E-state index is 0.0355. The van der Waals surface area contributed by atoms with Crippen LogP contribution in [-0.4, -0.2) is 28.0 Å². The van der Waals surface area contributed by atoms with Crippen molar-refractivity contribution >= 4 is 17.3 Å². The molecule has 6 N–H and O–H groups in total. The lowest BCUT2D eigenvalue weighted by Gasteiger charge is -2.02. The highest BCUT2D eigenvalue weighted by Gasteiger charge is 2.09. The molecular weight excluding hydrogens is 158 g/mol. The summed E-state index contributed by atoms with van der Waals surface area (Å²) in [6.07, 6.45) is 0. The number of nitrogens with one attached hydrogen (secondary N) is 1. The molecule has 0 spiro atoms. The summed E-state index contributed by atoms with van der Waals surface area (Å²) in [5.41, 5.74) is 11.7. The lowest BCUT2D eigenvalue weighted by molar-refractivity contribution is 0.311. The summed E-state index contributed by atoms with van der Waals surface area (Å²) in [6.45, 7) is 0.452. The van der Waals surface area contributed by atoms with Gasteiger partial charge in [0.1, 0.15) is 11.5 Å². The van der Waals surface area contributed by atoms with Gasteiger partial charge in [-0.15, -0.1) is 0 Å². The number of aliphatic hydroxyl groups excluding tert-OH is 1. The van der Waals surface area contributed by atoms with E-state index in [1.165, 1.54) is 4.68 Å². The van der Waals surface area contributed by atoms with Crippen LogP contribution in [0.3, 0.4) is 0 Å². The summed E-state index contributed by atoms with van der Waals surface area (Å²) >= 11 is 0. The second-order valence-electron chi connectivity index (χ2n) is 2.42. The number of nitrogen functional groups attached to an aromatic ring is 2. The molecule has 68 valence electrons. The smallest absolute Gasteiger partial charge is 0.171 e. The van der Waals surface area contributed by atoms with Crippen molar-refractivity contribution in [1.82, 2.24) is 9.78 Å². The summed E-state index contributed by atoms with van der Waals surface area (Å²) in [6, 6.07) is 0. The summed E-state index contributed by atoms with van der Waals surface area (Å²) < 4.78 is 1.48. The number of hydrogen-bond acceptors (Lipinski definition) is 5. The number of aryl methyl sites for hydroxylation is 1. The van der Waals surface area contributed by atoms with Crippen LogP contribution in [0, 0.1) is 0 Å². The van der Waals surface area contributed by atoms with Crippen LogP contribution >= 0.6 is 0 Å². The molecule has 1 rings (SSSR count). The molecule has 0 aliphatic rings. The Bertz CT molecular complexity index is 269. The SMILES string of the molecule is Cn1nc(N)c(NCCO)c1N. The van der Waals surface area contributed by atoms with Gasteiger partial charge in [0.2, 0.25) is 0 Å². The van der Waals surface area contributed by atoms with E-state index in [0.717, 1.165) is 0 Å². The van der Waals surface area contributed by atoms with E-state index >= 15 is 0 Å². The molecule has 0 fully saturated rings. The van der Waals surface area contributed by atoms with Gasteiger partial charge < -0.3 is 21.9 Å². The lowest BCUT2D eigenvalue weighted by Crippen LogP contribution is -2.08. The van der Waals surface area contributed by atoms with Gasteiger partial charge in [0.15, 0.2) is 5.82 Å². The van der Waals surface area contributed by atoms with Crippen LogP contribution in [-0.2, 0) is 7.05 Å². The third-order valence-electron chi connectivity index (χ3n) is 1.53. The molecule has 0 amide bonds. The van der Waals surface area contributed by atoms with Crippen molar-refractivity contribution in [2.24, 2.45) is 7.05 Å². The monoisotopic (exact) mass is 171 g/mol. The van der Waals surface area contributed by atoms with Crippen LogP contribution in [0.5, 0.6) is 0 Å². The first-order valence-electron chi connectivity index (χ1n) is 3.59. The Kier molecular flexibility index (Phi) is 2.39. The first-order chi connectivity index (χ1) is 5.66. The summed E-state index contributed by atoms with van der Waals surface area (Å²) in [5.74, 6) is 0.824. The number of anilines is 3. The second kappa shape index (κ2) is 3.31. The van der Waals surface area contributed by atoms with Crippen molar-refractivity contribution in [2.45, 2.75) is 0 Å². The Labute approximate surface area is 70.2 Å². The van der Waals surface area contributed by atoms with Gasteiger partial charge in [-0.1, -0.05) is 0 Å². The van der Waals surface area contributed by atoms with Crippen molar-refractivity contribution in [1.29, 1.82) is 0 Å². The normalized spacial score (nSPS) is 10.2. The van der Waals surface area contributed by atoms with Crippen molar-refractivity contribution in [3.05, 3.63) is 0 Å². The fourth-order valence-corrected chi connectivity index (χ4v) is 0.921. The average molecular weight is 171 g/mol. The van der Waals surface area contributed by atoms with Crippen molar-refractivity contribution in [3.8, 4) is 0 Å². The van der Waals surface area contributed by atoms with Gasteiger partial charge in [-0.05, 0) is 0 Å². The number of rotatable bonds is 3. The van der Waals surface area contributed by atoms with Gasteiger partial charge in [-0.25, -0.2) is 4.68 Å². The molecule has 1 aromatic heterocycles. The topological polar surface area (TPSA) is 102 Å². The number of aliphatic hydroxyl groups is 1. The number of hydrogen-bond donors (Lipinski definition) is 4. The molecular formula is C6H13N5O. The Hall–Kier alpha value is -1.43. The first kappa shape index (κ1) is 8.66. The zero-order chi connectivity index (χ0) is 9.14. The lowest BCUT2D eigenvalue weighted by atomic mass is 10.4. The molecule has 6 nitrogen and oxygen atoms in total. The van der Waals surface area contributed by atoms with E-state index < -0.39 is 0 Å². The Morgan fingerprint density at radius 3 is 2.67 bits per heavy atom. The number of nitrogens with zero attached hydrogens (tertiary/aromatic N) is 2. The van der Waals surface area contributed by atoms with Gasteiger partial charge in [-0.2, -0.15) is 5.10 Å². The van der Waals surface area contributed by atoms with E-state index in [0.29, 0.717) is 23.9 Å². The molecule has 0 radical (unpaired) electrons. The fraction of sp³-hybridized carbons (Fsp3) is 0.500. The molecule has 0 atom stereocenters. The van der Waals surface area contributed by atoms with Crippen LogP contribution in [0.1, 0.15) is 0 Å². The van der Waals surface area contributed by atoms with Gasteiger partial charge >= 0.3 is 0 Å². The molecule has 6 heteroatoms. The molecule has 0 aliphatic heterocycles. The third-order valence-corrected chi connectivity index (χ3v) is 1.53. The largest absolute Gasteiger partial charge is 0.395 e. The molecule has 0 bridgehead atoms. The molecule has 0 aliphatic carbocycles. The van der Waals surface area contributed by atoms with Crippen molar-refractivity contribution in [2.75, 3.05) is 29.9 Å². The highest BCUT2D eigenvalue weighted by Crippen LogP contribution is 2.23. The minimum Gasteiger partial charge on any atom is -0.395 e. The standard InChI is InChI=1S/C6H13N5O/c1-11-6(8)4(5(7)10-11)9-2-3-12/h9,12H,2-3,8H2,1H3,(H2,7,10). The predicted molar refractivity (Wildman–Crippen MR) is 47.6 cm³/mol. The minimum atomic E-state index is 0.0355. The maximum atomic E-state index is 8.54. The van der Waals surface area contributed by atoms with Crippen LogP contribution < -0.4 is 16.8 Å². The summed E-state index contributed by atoms with van der Waals surface area (Å²) in [7, 11) is 1.70. The Balaban J connectivity index is 2.82. The maximum Gasteiger partial charge on any atom is 0.171 e. The maximum absolute atomic E-state index is 8.54. The summed E-state index contributed by atoms with van der Waals surface area (Å²) in [5, 5.41) is 15.3. The molecule has 0 saturated carbocycles. The highest BCUT2D eigenvalue weighted by molar-refractivity contribution is 5.74. The summed E-state index contributed by atoms with van der Waals surface area (Å²) in [4.78, 5) is 0. The molecule has 0 aromatic carbocycles. The molecule has 0 saturated heterocycles. The van der Waals surface area contributed by atoms with E-state index in [1.54, 1.807) is 7.05 Å². The van der Waals surface area contributed by atoms with Crippen LogP contribution in [0.2, 0.25) is 0 Å². The van der Waals surface area contributed by atoms with Crippen LogP contribution in [0.25, 0.3) is 0 Å². The van der Waals surface area contributed by atoms with Crippen molar-refractivity contribution in [3.63, 3.8) is 0 Å². The van der Waals surface area contributed by atoms with Gasteiger partial charge in [0.25, 0.3) is 0 Å². The molecule has 1 heterocycles. The van der Waals surface area contributed by atoms with E-state index in [4.69, 9.17) is 16.6 Å². The van der Waals surface area contributed by atoms with Crippen LogP contribution in [0.15, 0.2) is 0 Å². The van der Waals surface area contributed by atoms with E-state index in [9.17, 15) is 0 Å². The number of aromatic nitrogens is 2. The predicted octanol–water partition coefficient (Wildman–Crippen LogP) is -1.01. The van der Waals surface area contributed by atoms with E-state index in [2.05, 4.69) is 10.4 Å². The zero-order valence-corrected chi connectivity index (χ0v) is 6.91. The van der Waals surface area contributed by atoms with E-state index in [-0.39, 0.29) is 6.61 Å². The van der Waals surface area contributed by atoms with Gasteiger partial charge in [0, 0.05) is 13.6 Å². The number of nitrogens with two attached hydrogens (primary N) is 2. The zero-order valence-electron chi connectivity index (χ0n) is 6.91. The highest BCUT2D eigenvalue weighted by atomic mass is 16.3. The Morgan fingerprint density at radius 2 is 2.25 bits per heavy atom. The molecule has 1 aromatic rings. The van der Waals surface area contributed by atoms with Crippen molar-refractivity contribution < 1.29 is 5.11 Å². The molecule has 0 unspecified atom stereocenters.